The van der Waals surface area contributed by atoms with Gasteiger partial charge in [-0.25, -0.2) is 4.39 Å². The number of aryl methyl sites for hydroxylation is 1. The lowest BCUT2D eigenvalue weighted by atomic mass is 9.95. The summed E-state index contributed by atoms with van der Waals surface area (Å²) in [5.41, 5.74) is -0.318. The summed E-state index contributed by atoms with van der Waals surface area (Å²) < 4.78 is 18.2. The molecule has 0 aliphatic heterocycles. The minimum Gasteiger partial charge on any atom is -0.469 e. The zero-order valence-electron chi connectivity index (χ0n) is 12.5. The van der Waals surface area contributed by atoms with Crippen LogP contribution in [0, 0.1) is 5.82 Å². The highest BCUT2D eigenvalue weighted by atomic mass is 19.1. The van der Waals surface area contributed by atoms with Crippen LogP contribution in [0.1, 0.15) is 31.6 Å². The van der Waals surface area contributed by atoms with Crippen molar-refractivity contribution in [3.8, 4) is 0 Å². The Kier molecular flexibility index (Phi) is 5.15. The molecule has 0 radical (unpaired) electrons. The van der Waals surface area contributed by atoms with Crippen molar-refractivity contribution in [2.45, 2.75) is 38.3 Å². The second-order valence-corrected chi connectivity index (χ2v) is 5.68. The number of halogens is 1. The van der Waals surface area contributed by atoms with E-state index < -0.39 is 5.60 Å². The standard InChI is InChI=1S/C17H22FNO2/c1-13(5-10-16-4-3-11-21-16)19-12-17(2,20)14-6-8-15(18)9-7-14/h3-4,6-9,11,13,19-20H,5,10,12H2,1-2H3. The molecule has 2 rings (SSSR count). The van der Waals surface area contributed by atoms with Gasteiger partial charge >= 0.3 is 0 Å². The van der Waals surface area contributed by atoms with Gasteiger partial charge in [-0.05, 0) is 50.1 Å². The van der Waals surface area contributed by atoms with Crippen LogP contribution in [0.2, 0.25) is 0 Å². The van der Waals surface area contributed by atoms with Gasteiger partial charge in [-0.1, -0.05) is 12.1 Å². The monoisotopic (exact) mass is 291 g/mol. The van der Waals surface area contributed by atoms with Crippen LogP contribution in [0.15, 0.2) is 47.1 Å². The van der Waals surface area contributed by atoms with Crippen molar-refractivity contribution in [1.82, 2.24) is 5.32 Å². The zero-order valence-corrected chi connectivity index (χ0v) is 12.5. The van der Waals surface area contributed by atoms with E-state index in [4.69, 9.17) is 4.42 Å². The molecule has 3 nitrogen and oxygen atoms in total. The fourth-order valence-corrected chi connectivity index (χ4v) is 2.20. The molecule has 0 bridgehead atoms. The fourth-order valence-electron chi connectivity index (χ4n) is 2.20. The van der Waals surface area contributed by atoms with Crippen LogP contribution in [0.3, 0.4) is 0 Å². The van der Waals surface area contributed by atoms with E-state index in [9.17, 15) is 9.50 Å². The van der Waals surface area contributed by atoms with Crippen LogP contribution in [0.25, 0.3) is 0 Å². The molecule has 0 fully saturated rings. The molecule has 0 spiro atoms. The zero-order chi connectivity index (χ0) is 15.3. The quantitative estimate of drug-likeness (QED) is 0.823. The van der Waals surface area contributed by atoms with Gasteiger partial charge in [0.1, 0.15) is 11.6 Å². The smallest absolute Gasteiger partial charge is 0.123 e. The summed E-state index contributed by atoms with van der Waals surface area (Å²) in [6, 6.07) is 10.1. The SMILES string of the molecule is CC(CCc1ccco1)NCC(C)(O)c1ccc(F)cc1. The molecule has 1 aromatic carbocycles. The van der Waals surface area contributed by atoms with Crippen molar-refractivity contribution in [1.29, 1.82) is 0 Å². The molecule has 114 valence electrons. The first-order valence-electron chi connectivity index (χ1n) is 7.21. The molecule has 0 saturated heterocycles. The number of rotatable bonds is 7. The second-order valence-electron chi connectivity index (χ2n) is 5.68. The van der Waals surface area contributed by atoms with Crippen molar-refractivity contribution in [2.24, 2.45) is 0 Å². The predicted molar refractivity (Wildman–Crippen MR) is 80.5 cm³/mol. The number of aliphatic hydroxyl groups is 1. The van der Waals surface area contributed by atoms with Gasteiger partial charge in [0.25, 0.3) is 0 Å². The van der Waals surface area contributed by atoms with Gasteiger partial charge in [0.2, 0.25) is 0 Å². The van der Waals surface area contributed by atoms with Gasteiger partial charge in [0.05, 0.1) is 11.9 Å². The van der Waals surface area contributed by atoms with Crippen molar-refractivity contribution in [2.75, 3.05) is 6.54 Å². The Morgan fingerprint density at radius 1 is 1.29 bits per heavy atom. The van der Waals surface area contributed by atoms with Crippen LogP contribution in [0.5, 0.6) is 0 Å². The molecule has 2 N–H and O–H groups in total. The molecular formula is C17H22FNO2. The molecule has 0 amide bonds. The summed E-state index contributed by atoms with van der Waals surface area (Å²) >= 11 is 0. The van der Waals surface area contributed by atoms with E-state index in [0.717, 1.165) is 18.6 Å². The number of hydrogen-bond donors (Lipinski definition) is 2. The van der Waals surface area contributed by atoms with E-state index >= 15 is 0 Å². The molecule has 1 aromatic heterocycles. The summed E-state index contributed by atoms with van der Waals surface area (Å²) in [5.74, 6) is 0.670. The maximum Gasteiger partial charge on any atom is 0.123 e. The van der Waals surface area contributed by atoms with E-state index in [-0.39, 0.29) is 11.9 Å². The topological polar surface area (TPSA) is 45.4 Å². The largest absolute Gasteiger partial charge is 0.469 e. The Morgan fingerprint density at radius 3 is 2.62 bits per heavy atom. The van der Waals surface area contributed by atoms with E-state index in [2.05, 4.69) is 12.2 Å². The molecule has 2 aromatic rings. The van der Waals surface area contributed by atoms with Crippen LogP contribution in [-0.4, -0.2) is 17.7 Å². The molecule has 2 unspecified atom stereocenters. The minimum absolute atomic E-state index is 0.252. The van der Waals surface area contributed by atoms with Crippen molar-refractivity contribution >= 4 is 0 Å². The normalized spacial score (nSPS) is 15.6. The van der Waals surface area contributed by atoms with E-state index in [1.165, 1.54) is 12.1 Å². The van der Waals surface area contributed by atoms with Gasteiger partial charge < -0.3 is 14.8 Å². The maximum absolute atomic E-state index is 12.9. The first kappa shape index (κ1) is 15.7. The first-order valence-corrected chi connectivity index (χ1v) is 7.21. The highest BCUT2D eigenvalue weighted by Gasteiger charge is 2.23. The van der Waals surface area contributed by atoms with Gasteiger partial charge in [0.15, 0.2) is 0 Å². The molecule has 2 atom stereocenters. The summed E-state index contributed by atoms with van der Waals surface area (Å²) in [4.78, 5) is 0. The molecule has 21 heavy (non-hydrogen) atoms. The second kappa shape index (κ2) is 6.87. The molecule has 1 heterocycles. The van der Waals surface area contributed by atoms with Gasteiger partial charge in [-0.15, -0.1) is 0 Å². The summed E-state index contributed by atoms with van der Waals surface area (Å²) in [7, 11) is 0. The number of benzene rings is 1. The Hall–Kier alpha value is -1.65. The van der Waals surface area contributed by atoms with E-state index in [0.29, 0.717) is 12.1 Å². The van der Waals surface area contributed by atoms with E-state index in [1.54, 1.807) is 25.3 Å². The highest BCUT2D eigenvalue weighted by molar-refractivity contribution is 5.22. The first-order chi connectivity index (χ1) is 9.97. The van der Waals surface area contributed by atoms with Crippen molar-refractivity contribution < 1.29 is 13.9 Å². The lowest BCUT2D eigenvalue weighted by Crippen LogP contribution is -2.39. The van der Waals surface area contributed by atoms with E-state index in [1.807, 2.05) is 12.1 Å². The molecule has 4 heteroatoms. The van der Waals surface area contributed by atoms with Crippen LogP contribution in [0.4, 0.5) is 4.39 Å². The molecule has 0 saturated carbocycles. The Balaban J connectivity index is 1.81. The number of hydrogen-bond acceptors (Lipinski definition) is 3. The average molecular weight is 291 g/mol. The van der Waals surface area contributed by atoms with Crippen LogP contribution < -0.4 is 5.32 Å². The third kappa shape index (κ3) is 4.69. The lowest BCUT2D eigenvalue weighted by molar-refractivity contribution is 0.0540. The minimum atomic E-state index is -1.02. The van der Waals surface area contributed by atoms with Gasteiger partial charge in [-0.2, -0.15) is 0 Å². The summed E-state index contributed by atoms with van der Waals surface area (Å²) in [6.07, 6.45) is 3.46. The van der Waals surface area contributed by atoms with Gasteiger partial charge in [-0.3, -0.25) is 0 Å². The highest BCUT2D eigenvalue weighted by Crippen LogP contribution is 2.20. The summed E-state index contributed by atoms with van der Waals surface area (Å²) in [6.45, 7) is 4.22. The van der Waals surface area contributed by atoms with Gasteiger partial charge in [0, 0.05) is 19.0 Å². The Morgan fingerprint density at radius 2 is 2.00 bits per heavy atom. The number of nitrogens with one attached hydrogen (secondary N) is 1. The van der Waals surface area contributed by atoms with Crippen LogP contribution >= 0.6 is 0 Å². The fraction of sp³-hybridized carbons (Fsp3) is 0.412. The van der Waals surface area contributed by atoms with Crippen molar-refractivity contribution in [3.05, 3.63) is 59.8 Å². The molecular weight excluding hydrogens is 269 g/mol. The molecule has 0 aliphatic rings. The molecule has 0 aliphatic carbocycles. The third-order valence-electron chi connectivity index (χ3n) is 3.66. The lowest BCUT2D eigenvalue weighted by Gasteiger charge is -2.26. The predicted octanol–water partition coefficient (Wildman–Crippen LogP) is 3.24. The Labute approximate surface area is 124 Å². The average Bonchev–Trinajstić information content (AvgIpc) is 2.97. The Bertz CT molecular complexity index is 534. The number of furan rings is 1. The summed E-state index contributed by atoms with van der Waals surface area (Å²) in [5, 5.41) is 13.8. The third-order valence-corrected chi connectivity index (χ3v) is 3.66. The van der Waals surface area contributed by atoms with Crippen LogP contribution in [-0.2, 0) is 12.0 Å². The maximum atomic E-state index is 12.9. The van der Waals surface area contributed by atoms with Crippen molar-refractivity contribution in [3.63, 3.8) is 0 Å².